The van der Waals surface area contributed by atoms with Gasteiger partial charge in [0.15, 0.2) is 11.4 Å². The molecule has 4 aromatic rings. The molecule has 1 saturated carbocycles. The standard InChI is InChI=1S/C28H30N4O3S/c1-16-10-20(13-21(11-16)32-24-23-18(6-5-9-29-23)12-17(2)31-24)22-15-30-25(36-22)19-7-8-28(35,26(33)34)27(3,4)14-19/h5-6,9-13,15,19,35H,7-8,14H2,1-4H3,(H,31,32)(H,33,34). The fraction of sp³-hybridized carbons (Fsp3) is 0.357. The van der Waals surface area contributed by atoms with Crippen LogP contribution in [0, 0.1) is 19.3 Å². The molecule has 8 heteroatoms. The van der Waals surface area contributed by atoms with Crippen molar-refractivity contribution >= 4 is 39.7 Å². The Morgan fingerprint density at radius 2 is 1.97 bits per heavy atom. The summed E-state index contributed by atoms with van der Waals surface area (Å²) in [6.07, 6.45) is 5.06. The molecule has 0 saturated heterocycles. The van der Waals surface area contributed by atoms with E-state index in [0.29, 0.717) is 12.8 Å². The lowest BCUT2D eigenvalue weighted by molar-refractivity contribution is -0.180. The van der Waals surface area contributed by atoms with Crippen molar-refractivity contribution in [3.63, 3.8) is 0 Å². The number of hydrogen-bond donors (Lipinski definition) is 3. The van der Waals surface area contributed by atoms with Crippen LogP contribution in [0.1, 0.15) is 55.3 Å². The molecule has 0 spiro atoms. The van der Waals surface area contributed by atoms with Crippen molar-refractivity contribution in [3.05, 3.63) is 65.1 Å². The quantitative estimate of drug-likeness (QED) is 0.297. The van der Waals surface area contributed by atoms with Crippen LogP contribution in [0.5, 0.6) is 0 Å². The van der Waals surface area contributed by atoms with Gasteiger partial charge in [-0.3, -0.25) is 4.98 Å². The van der Waals surface area contributed by atoms with Gasteiger partial charge in [0.05, 0.1) is 9.88 Å². The van der Waals surface area contributed by atoms with Crippen molar-refractivity contribution in [2.45, 2.75) is 58.5 Å². The zero-order chi connectivity index (χ0) is 25.7. The van der Waals surface area contributed by atoms with Gasteiger partial charge in [-0.1, -0.05) is 26.0 Å². The van der Waals surface area contributed by atoms with E-state index >= 15 is 0 Å². The van der Waals surface area contributed by atoms with Crippen molar-refractivity contribution in [2.24, 2.45) is 5.41 Å². The Morgan fingerprint density at radius 1 is 1.17 bits per heavy atom. The van der Waals surface area contributed by atoms with Crippen LogP contribution in [-0.2, 0) is 4.79 Å². The average Bonchev–Trinajstić information content (AvgIpc) is 3.31. The first-order valence-corrected chi connectivity index (χ1v) is 12.9. The number of aliphatic hydroxyl groups is 1. The van der Waals surface area contributed by atoms with Gasteiger partial charge in [0, 0.05) is 40.5 Å². The molecule has 36 heavy (non-hydrogen) atoms. The number of carboxylic acids is 1. The number of carboxylic acid groups (broad SMARTS) is 1. The summed E-state index contributed by atoms with van der Waals surface area (Å²) in [5.74, 6) is -0.297. The molecule has 0 amide bonds. The highest BCUT2D eigenvalue weighted by Crippen LogP contribution is 2.50. The molecule has 0 radical (unpaired) electrons. The second-order valence-corrected chi connectivity index (χ2v) is 11.5. The van der Waals surface area contributed by atoms with Crippen LogP contribution in [-0.4, -0.2) is 36.7 Å². The van der Waals surface area contributed by atoms with E-state index in [-0.39, 0.29) is 12.3 Å². The van der Waals surface area contributed by atoms with Crippen LogP contribution < -0.4 is 5.32 Å². The molecule has 2 atom stereocenters. The predicted molar refractivity (Wildman–Crippen MR) is 143 cm³/mol. The van der Waals surface area contributed by atoms with Crippen molar-refractivity contribution < 1.29 is 15.0 Å². The number of anilines is 2. The minimum Gasteiger partial charge on any atom is -0.479 e. The third-order valence-electron chi connectivity index (χ3n) is 7.30. The van der Waals surface area contributed by atoms with Gasteiger partial charge in [-0.05, 0) is 68.5 Å². The van der Waals surface area contributed by atoms with Crippen LogP contribution in [0.2, 0.25) is 0 Å². The van der Waals surface area contributed by atoms with E-state index in [9.17, 15) is 15.0 Å². The van der Waals surface area contributed by atoms with Gasteiger partial charge in [0.25, 0.3) is 0 Å². The van der Waals surface area contributed by atoms with Crippen LogP contribution in [0.15, 0.2) is 48.8 Å². The molecule has 3 heterocycles. The highest BCUT2D eigenvalue weighted by atomic mass is 32.1. The number of hydrogen-bond acceptors (Lipinski definition) is 7. The number of nitrogens with one attached hydrogen (secondary N) is 1. The summed E-state index contributed by atoms with van der Waals surface area (Å²) in [4.78, 5) is 26.7. The second kappa shape index (κ2) is 8.94. The Morgan fingerprint density at radius 3 is 2.72 bits per heavy atom. The minimum atomic E-state index is -1.70. The maximum Gasteiger partial charge on any atom is 0.336 e. The normalized spacial score (nSPS) is 21.4. The predicted octanol–water partition coefficient (Wildman–Crippen LogP) is 6.22. The number of nitrogens with zero attached hydrogens (tertiary/aromatic N) is 3. The van der Waals surface area contributed by atoms with Crippen molar-refractivity contribution in [3.8, 4) is 10.4 Å². The van der Waals surface area contributed by atoms with Gasteiger partial charge in [-0.2, -0.15) is 0 Å². The van der Waals surface area contributed by atoms with Gasteiger partial charge in [0.2, 0.25) is 0 Å². The van der Waals surface area contributed by atoms with Gasteiger partial charge in [0.1, 0.15) is 5.52 Å². The average molecular weight is 503 g/mol. The Bertz CT molecular complexity index is 1460. The van der Waals surface area contributed by atoms with Crippen molar-refractivity contribution in [1.29, 1.82) is 0 Å². The zero-order valence-electron chi connectivity index (χ0n) is 20.9. The maximum absolute atomic E-state index is 11.7. The van der Waals surface area contributed by atoms with Crippen LogP contribution in [0.25, 0.3) is 21.3 Å². The third kappa shape index (κ3) is 4.35. The second-order valence-electron chi connectivity index (χ2n) is 10.5. The van der Waals surface area contributed by atoms with Gasteiger partial charge in [-0.15, -0.1) is 11.3 Å². The fourth-order valence-corrected chi connectivity index (χ4v) is 6.31. The first kappa shape index (κ1) is 24.3. The Kier molecular flexibility index (Phi) is 6.04. The number of thiazole rings is 1. The topological polar surface area (TPSA) is 108 Å². The molecule has 1 fully saturated rings. The van der Waals surface area contributed by atoms with Gasteiger partial charge >= 0.3 is 5.97 Å². The Hall–Kier alpha value is -3.36. The summed E-state index contributed by atoms with van der Waals surface area (Å²) in [6, 6.07) is 12.3. The van der Waals surface area contributed by atoms with E-state index in [4.69, 9.17) is 4.98 Å². The van der Waals surface area contributed by atoms with E-state index in [1.165, 1.54) is 0 Å². The minimum absolute atomic E-state index is 0.120. The smallest absolute Gasteiger partial charge is 0.336 e. The summed E-state index contributed by atoms with van der Waals surface area (Å²) in [5, 5.41) is 25.8. The molecule has 186 valence electrons. The highest BCUT2D eigenvalue weighted by molar-refractivity contribution is 7.15. The number of pyridine rings is 2. The summed E-state index contributed by atoms with van der Waals surface area (Å²) < 4.78 is 0. The lowest BCUT2D eigenvalue weighted by Crippen LogP contribution is -2.54. The largest absolute Gasteiger partial charge is 0.479 e. The maximum atomic E-state index is 11.7. The number of fused-ring (bicyclic) bond motifs is 1. The number of benzene rings is 1. The molecule has 7 nitrogen and oxygen atoms in total. The molecule has 3 aromatic heterocycles. The summed E-state index contributed by atoms with van der Waals surface area (Å²) in [6.45, 7) is 7.70. The van der Waals surface area contributed by atoms with Crippen molar-refractivity contribution in [1.82, 2.24) is 15.0 Å². The number of aryl methyl sites for hydroxylation is 2. The number of carbonyl (C=O) groups is 1. The van der Waals surface area contributed by atoms with Gasteiger partial charge < -0.3 is 15.5 Å². The molecule has 1 aliphatic rings. The van der Waals surface area contributed by atoms with E-state index in [1.54, 1.807) is 17.5 Å². The summed E-state index contributed by atoms with van der Waals surface area (Å²) in [7, 11) is 0. The van der Waals surface area contributed by atoms with E-state index in [0.717, 1.165) is 49.1 Å². The van der Waals surface area contributed by atoms with Crippen LogP contribution >= 0.6 is 11.3 Å². The first-order chi connectivity index (χ1) is 17.1. The molecule has 0 bridgehead atoms. The molecule has 1 aliphatic carbocycles. The lowest BCUT2D eigenvalue weighted by atomic mass is 9.62. The highest BCUT2D eigenvalue weighted by Gasteiger charge is 2.54. The molecule has 2 unspecified atom stereocenters. The van der Waals surface area contributed by atoms with Crippen molar-refractivity contribution in [2.75, 3.05) is 5.32 Å². The molecular weight excluding hydrogens is 472 g/mol. The Labute approximate surface area is 214 Å². The fourth-order valence-electron chi connectivity index (χ4n) is 5.27. The summed E-state index contributed by atoms with van der Waals surface area (Å²) >= 11 is 1.63. The first-order valence-electron chi connectivity index (χ1n) is 12.1. The third-order valence-corrected chi connectivity index (χ3v) is 8.51. The van der Waals surface area contributed by atoms with E-state index in [2.05, 4.69) is 40.4 Å². The number of rotatable bonds is 5. The summed E-state index contributed by atoms with van der Waals surface area (Å²) in [5.41, 5.74) is 2.39. The SMILES string of the molecule is Cc1cc(Nc2nc(C)cc3cccnc23)cc(-c2cnc(C3CCC(O)(C(=O)O)C(C)(C)C3)s2)c1. The molecule has 5 rings (SSSR count). The monoisotopic (exact) mass is 502 g/mol. The lowest BCUT2D eigenvalue weighted by Gasteiger charge is -2.45. The Balaban J connectivity index is 1.42. The number of aromatic nitrogens is 3. The van der Waals surface area contributed by atoms with E-state index < -0.39 is 17.0 Å². The molecule has 0 aliphatic heterocycles. The van der Waals surface area contributed by atoms with Crippen LogP contribution in [0.4, 0.5) is 11.5 Å². The zero-order valence-corrected chi connectivity index (χ0v) is 21.7. The van der Waals surface area contributed by atoms with Gasteiger partial charge in [-0.25, -0.2) is 14.8 Å². The molecule has 3 N–H and O–H groups in total. The molecular formula is C28H30N4O3S. The number of aliphatic carboxylic acids is 1. The molecule has 1 aromatic carbocycles. The van der Waals surface area contributed by atoms with Crippen LogP contribution in [0.3, 0.4) is 0 Å². The van der Waals surface area contributed by atoms with E-state index in [1.807, 2.05) is 45.2 Å².